The number of hydrogen-bond donors (Lipinski definition) is 1. The third-order valence-electron chi connectivity index (χ3n) is 1.33. The van der Waals surface area contributed by atoms with Gasteiger partial charge in [-0.15, -0.1) is 0 Å². The lowest BCUT2D eigenvalue weighted by Gasteiger charge is -2.01. The lowest BCUT2D eigenvalue weighted by atomic mass is 10.2. The van der Waals surface area contributed by atoms with Gasteiger partial charge in [0.15, 0.2) is 0 Å². The van der Waals surface area contributed by atoms with Crippen molar-refractivity contribution in [2.45, 2.75) is 13.8 Å². The number of hydrogen-bond acceptors (Lipinski definition) is 3. The van der Waals surface area contributed by atoms with Gasteiger partial charge >= 0.3 is 0 Å². The van der Waals surface area contributed by atoms with Gasteiger partial charge in [-0.1, -0.05) is 17.7 Å². The molecule has 0 atom stereocenters. The Balaban J connectivity index is 0.000000424. The molecule has 3 nitrogen and oxygen atoms in total. The molecule has 0 aliphatic carbocycles. The van der Waals surface area contributed by atoms with Gasteiger partial charge in [0, 0.05) is 0 Å². The molecule has 0 amide bonds. The molecule has 13 heavy (non-hydrogen) atoms. The summed E-state index contributed by atoms with van der Waals surface area (Å²) in [4.78, 5) is 8.35. The molecule has 0 aliphatic rings. The Bertz CT molecular complexity index is 261. The summed E-state index contributed by atoms with van der Waals surface area (Å²) in [5, 5.41) is 5.40. The van der Waals surface area contributed by atoms with Crippen LogP contribution in [0.1, 0.15) is 12.5 Å². The maximum atomic E-state index is 8.35. The fraction of sp³-hybridized carbons (Fsp3) is 0.300. The second-order valence-electron chi connectivity index (χ2n) is 2.35. The lowest BCUT2D eigenvalue weighted by molar-refractivity contribution is 0.340. The maximum Gasteiger partial charge on any atom is 0.231 e. The average Bonchev–Trinajstić information content (AvgIpc) is 2.11. The summed E-state index contributed by atoms with van der Waals surface area (Å²) >= 11 is 0. The molecular weight excluding hydrogens is 166 g/mol. The van der Waals surface area contributed by atoms with E-state index >= 15 is 0 Å². The quantitative estimate of drug-likeness (QED) is 0.559. The molecule has 0 bridgehead atoms. The van der Waals surface area contributed by atoms with E-state index in [1.165, 1.54) is 5.56 Å². The van der Waals surface area contributed by atoms with Crippen LogP contribution in [0.15, 0.2) is 24.3 Å². The first-order chi connectivity index (χ1) is 6.24. The summed E-state index contributed by atoms with van der Waals surface area (Å²) in [5.74, 6) is 0.952. The molecule has 0 fully saturated rings. The molecule has 0 saturated heterocycles. The van der Waals surface area contributed by atoms with Gasteiger partial charge < -0.3 is 4.74 Å². The van der Waals surface area contributed by atoms with Crippen molar-refractivity contribution in [3.05, 3.63) is 29.8 Å². The number of nitrogens with one attached hydrogen (secondary N) is 1. The number of carbonyl (C=O) groups excluding carboxylic acids is 1. The molecule has 1 rings (SSSR count). The van der Waals surface area contributed by atoms with Crippen molar-refractivity contribution in [1.29, 1.82) is 5.41 Å². The van der Waals surface area contributed by atoms with Crippen LogP contribution in [0.4, 0.5) is 0 Å². The predicted octanol–water partition coefficient (Wildman–Crippen LogP) is 2.29. The van der Waals surface area contributed by atoms with Gasteiger partial charge in [-0.3, -0.25) is 0 Å². The van der Waals surface area contributed by atoms with Crippen LogP contribution in [0.5, 0.6) is 5.75 Å². The monoisotopic (exact) mass is 179 g/mol. The summed E-state index contributed by atoms with van der Waals surface area (Å²) in [6.45, 7) is 4.79. The van der Waals surface area contributed by atoms with E-state index in [1.807, 2.05) is 31.2 Å². The lowest BCUT2D eigenvalue weighted by Crippen LogP contribution is -1.90. The fourth-order valence-corrected chi connectivity index (χ4v) is 0.801. The van der Waals surface area contributed by atoms with E-state index in [-0.39, 0.29) is 0 Å². The van der Waals surface area contributed by atoms with E-state index in [0.29, 0.717) is 0 Å². The van der Waals surface area contributed by atoms with Gasteiger partial charge in [-0.25, -0.2) is 10.2 Å². The second kappa shape index (κ2) is 7.07. The second-order valence-corrected chi connectivity index (χ2v) is 2.35. The average molecular weight is 179 g/mol. The van der Waals surface area contributed by atoms with Gasteiger partial charge in [0.25, 0.3) is 0 Å². The Morgan fingerprint density at radius 3 is 2.23 bits per heavy atom. The van der Waals surface area contributed by atoms with E-state index in [1.54, 1.807) is 0 Å². The highest BCUT2D eigenvalue weighted by Crippen LogP contribution is 2.10. The van der Waals surface area contributed by atoms with Crippen molar-refractivity contribution >= 4 is 6.08 Å². The first-order valence-corrected chi connectivity index (χ1v) is 3.98. The Morgan fingerprint density at radius 2 is 1.85 bits per heavy atom. The van der Waals surface area contributed by atoms with Crippen LogP contribution in [0.25, 0.3) is 0 Å². The number of ether oxygens (including phenoxy) is 1. The highest BCUT2D eigenvalue weighted by molar-refractivity contribution is 5.26. The highest BCUT2D eigenvalue weighted by atomic mass is 16.5. The Kier molecular flexibility index (Phi) is 6.20. The van der Waals surface area contributed by atoms with Crippen molar-refractivity contribution in [3.63, 3.8) is 0 Å². The van der Waals surface area contributed by atoms with E-state index in [0.717, 1.165) is 18.4 Å². The number of aryl methyl sites for hydroxylation is 1. The maximum absolute atomic E-state index is 8.35. The van der Waals surface area contributed by atoms with Crippen LogP contribution in [0.3, 0.4) is 0 Å². The summed E-state index contributed by atoms with van der Waals surface area (Å²) in [7, 11) is 0. The van der Waals surface area contributed by atoms with E-state index in [4.69, 9.17) is 14.9 Å². The zero-order valence-corrected chi connectivity index (χ0v) is 7.83. The molecule has 1 aromatic carbocycles. The van der Waals surface area contributed by atoms with Crippen molar-refractivity contribution in [2.24, 2.45) is 0 Å². The molecule has 0 unspecified atom stereocenters. The smallest absolute Gasteiger partial charge is 0.231 e. The fourth-order valence-electron chi connectivity index (χ4n) is 0.801. The molecule has 0 aromatic heterocycles. The molecule has 3 heteroatoms. The summed E-state index contributed by atoms with van der Waals surface area (Å²) in [5.41, 5.74) is 1.27. The van der Waals surface area contributed by atoms with Gasteiger partial charge in [0.2, 0.25) is 6.08 Å². The minimum Gasteiger partial charge on any atom is -0.494 e. The molecule has 70 valence electrons. The third kappa shape index (κ3) is 5.65. The van der Waals surface area contributed by atoms with Crippen molar-refractivity contribution in [3.8, 4) is 5.75 Å². The van der Waals surface area contributed by atoms with Crippen LogP contribution in [-0.2, 0) is 4.79 Å². The molecule has 0 spiro atoms. The van der Waals surface area contributed by atoms with Gasteiger partial charge in [0.1, 0.15) is 5.75 Å². The van der Waals surface area contributed by atoms with Crippen LogP contribution in [0.2, 0.25) is 0 Å². The SMILES string of the molecule is CCOc1ccc(C)cc1.N=C=O. The number of isocyanates is 1. The summed E-state index contributed by atoms with van der Waals surface area (Å²) < 4.78 is 5.26. The van der Waals surface area contributed by atoms with Crippen molar-refractivity contribution < 1.29 is 9.53 Å². The summed E-state index contributed by atoms with van der Waals surface area (Å²) in [6.07, 6.45) is 0.750. The molecule has 0 aliphatic heterocycles. The first-order valence-electron chi connectivity index (χ1n) is 3.98. The van der Waals surface area contributed by atoms with Gasteiger partial charge in [-0.05, 0) is 26.0 Å². The minimum atomic E-state index is 0.739. The molecule has 0 radical (unpaired) electrons. The van der Waals surface area contributed by atoms with E-state index < -0.39 is 0 Å². The van der Waals surface area contributed by atoms with Crippen LogP contribution >= 0.6 is 0 Å². The van der Waals surface area contributed by atoms with Crippen LogP contribution in [-0.4, -0.2) is 12.7 Å². The highest BCUT2D eigenvalue weighted by Gasteiger charge is 1.87. The number of rotatable bonds is 2. The van der Waals surface area contributed by atoms with E-state index in [2.05, 4.69) is 6.92 Å². The molecule has 1 N–H and O–H groups in total. The molecule has 0 heterocycles. The molecule has 1 aromatic rings. The molecule has 0 saturated carbocycles. The normalized spacial score (nSPS) is 7.85. The van der Waals surface area contributed by atoms with Crippen molar-refractivity contribution in [1.82, 2.24) is 0 Å². The van der Waals surface area contributed by atoms with Crippen molar-refractivity contribution in [2.75, 3.05) is 6.61 Å². The molecular formula is C10H13NO2. The van der Waals surface area contributed by atoms with Gasteiger partial charge in [-0.2, -0.15) is 0 Å². The largest absolute Gasteiger partial charge is 0.494 e. The van der Waals surface area contributed by atoms with Crippen LogP contribution < -0.4 is 4.74 Å². The first kappa shape index (κ1) is 11.4. The zero-order valence-electron chi connectivity index (χ0n) is 7.83. The van der Waals surface area contributed by atoms with Gasteiger partial charge in [0.05, 0.1) is 6.61 Å². The topological polar surface area (TPSA) is 50.1 Å². The number of benzene rings is 1. The third-order valence-corrected chi connectivity index (χ3v) is 1.33. The summed E-state index contributed by atoms with van der Waals surface area (Å²) in [6, 6.07) is 8.06. The standard InChI is InChI=1S/C9H12O.CHNO/c1-3-10-9-6-4-8(2)5-7-9;2-1-3/h4-7H,3H2,1-2H3;2H. The zero-order chi connectivity index (χ0) is 10.1. The Hall–Kier alpha value is -1.60. The Morgan fingerprint density at radius 1 is 1.38 bits per heavy atom. The van der Waals surface area contributed by atoms with E-state index in [9.17, 15) is 0 Å². The Labute approximate surface area is 77.9 Å². The van der Waals surface area contributed by atoms with Crippen LogP contribution in [0, 0.1) is 12.3 Å². The minimum absolute atomic E-state index is 0.739. The predicted molar refractivity (Wildman–Crippen MR) is 50.8 cm³/mol.